The van der Waals surface area contributed by atoms with Crippen molar-refractivity contribution in [2.24, 2.45) is 28.6 Å². The topological polar surface area (TPSA) is 154 Å². The van der Waals surface area contributed by atoms with E-state index in [-0.39, 0.29) is 42.2 Å². The number of halogens is 3. The second kappa shape index (κ2) is 10.6. The van der Waals surface area contributed by atoms with Crippen molar-refractivity contribution in [1.82, 2.24) is 26.2 Å². The first-order valence-electron chi connectivity index (χ1n) is 13.9. The Kier molecular flexibility index (Phi) is 7.93. The molecule has 0 aromatic rings. The highest BCUT2D eigenvalue weighted by molar-refractivity contribution is 6.38. The van der Waals surface area contributed by atoms with E-state index in [4.69, 9.17) is 0 Å². The zero-order valence-corrected chi connectivity index (χ0v) is 23.8. The summed E-state index contributed by atoms with van der Waals surface area (Å²) in [5, 5.41) is 9.67. The fraction of sp³-hybridized carbons (Fsp3) is 0.778. The summed E-state index contributed by atoms with van der Waals surface area (Å²) in [5.74, 6) is -7.00. The lowest BCUT2D eigenvalue weighted by Crippen LogP contribution is -2.61. The van der Waals surface area contributed by atoms with Gasteiger partial charge in [-0.15, -0.1) is 0 Å². The maximum absolute atomic E-state index is 13.8. The normalized spacial score (nSPS) is 28.2. The van der Waals surface area contributed by atoms with Crippen LogP contribution >= 0.6 is 0 Å². The number of alkyl halides is 3. The van der Waals surface area contributed by atoms with Crippen molar-refractivity contribution in [2.45, 2.75) is 90.6 Å². The van der Waals surface area contributed by atoms with E-state index in [1.807, 2.05) is 13.8 Å². The number of nitrogens with zero attached hydrogens (tertiary/aromatic N) is 1. The summed E-state index contributed by atoms with van der Waals surface area (Å²) in [4.78, 5) is 78.5. The average molecular weight is 586 g/mol. The minimum atomic E-state index is -5.21. The Labute approximate surface area is 236 Å². The van der Waals surface area contributed by atoms with Gasteiger partial charge in [0.05, 0.1) is 6.04 Å². The van der Waals surface area contributed by atoms with Gasteiger partial charge in [-0.05, 0) is 48.3 Å². The molecule has 4 aliphatic rings. The molecule has 2 aliphatic heterocycles. The molecule has 11 nitrogen and oxygen atoms in total. The molecule has 0 spiro atoms. The first-order valence-corrected chi connectivity index (χ1v) is 13.9. The van der Waals surface area contributed by atoms with Gasteiger partial charge in [-0.1, -0.05) is 34.6 Å². The van der Waals surface area contributed by atoms with Crippen molar-refractivity contribution < 1.29 is 41.9 Å². The molecule has 0 unspecified atom stereocenters. The highest BCUT2D eigenvalue weighted by Crippen LogP contribution is 2.65. The van der Waals surface area contributed by atoms with Gasteiger partial charge >= 0.3 is 12.1 Å². The van der Waals surface area contributed by atoms with E-state index in [1.54, 1.807) is 5.32 Å². The fourth-order valence-electron chi connectivity index (χ4n) is 6.13. The third-order valence-corrected chi connectivity index (χ3v) is 8.86. The molecule has 2 saturated heterocycles. The van der Waals surface area contributed by atoms with Crippen molar-refractivity contribution in [2.75, 3.05) is 13.1 Å². The van der Waals surface area contributed by atoms with Crippen LogP contribution in [0.15, 0.2) is 0 Å². The lowest BCUT2D eigenvalue weighted by atomic mass is 9.85. The Hall–Kier alpha value is -3.19. The Morgan fingerprint density at radius 1 is 1.05 bits per heavy atom. The Morgan fingerprint density at radius 2 is 1.68 bits per heavy atom. The molecule has 2 saturated carbocycles. The van der Waals surface area contributed by atoms with Crippen molar-refractivity contribution in [3.8, 4) is 0 Å². The maximum atomic E-state index is 13.8. The second-order valence-corrected chi connectivity index (χ2v) is 13.3. The highest BCUT2D eigenvalue weighted by Gasteiger charge is 2.70. The monoisotopic (exact) mass is 585 g/mol. The van der Waals surface area contributed by atoms with Crippen LogP contribution in [0.2, 0.25) is 0 Å². The van der Waals surface area contributed by atoms with E-state index < -0.39 is 65.0 Å². The molecule has 4 N–H and O–H groups in total. The molecule has 0 bridgehead atoms. The van der Waals surface area contributed by atoms with Crippen molar-refractivity contribution in [3.05, 3.63) is 0 Å². The standard InChI is InChI=1S/C27H38F3N5O6/c1-25(2,3)19(34-24(41)27(28,29)30)23(40)35-11-14-16(26(14,4)5)17(35)21(38)33-15(10-12-8-9-31-20(12)37)18(36)22(39)32-13-6-7-13/h12-17,19H,6-11H2,1-5H3,(H,31,37)(H,32,39)(H,33,38)(H,34,41)/t12-,14-,15-,16-,17-,19+/m0/s1. The lowest BCUT2D eigenvalue weighted by Gasteiger charge is -2.38. The predicted octanol–water partition coefficient (Wildman–Crippen LogP) is 0.421. The van der Waals surface area contributed by atoms with Crippen molar-refractivity contribution in [1.29, 1.82) is 0 Å². The predicted molar refractivity (Wildman–Crippen MR) is 138 cm³/mol. The van der Waals surface area contributed by atoms with Gasteiger partial charge in [0, 0.05) is 25.0 Å². The lowest BCUT2D eigenvalue weighted by molar-refractivity contribution is -0.176. The summed E-state index contributed by atoms with van der Waals surface area (Å²) in [6.07, 6.45) is -3.44. The van der Waals surface area contributed by atoms with Crippen LogP contribution in [-0.2, 0) is 28.8 Å². The largest absolute Gasteiger partial charge is 0.471 e. The maximum Gasteiger partial charge on any atom is 0.471 e. The third-order valence-electron chi connectivity index (χ3n) is 8.86. The van der Waals surface area contributed by atoms with Crippen LogP contribution in [0.4, 0.5) is 13.2 Å². The summed E-state index contributed by atoms with van der Waals surface area (Å²) in [6, 6.07) is -4.18. The minimum Gasteiger partial charge on any atom is -0.356 e. The number of likely N-dealkylation sites (tertiary alicyclic amines) is 1. The molecule has 2 heterocycles. The molecule has 0 aromatic carbocycles. The van der Waals surface area contributed by atoms with E-state index in [0.29, 0.717) is 13.0 Å². The molecule has 4 rings (SSSR count). The number of rotatable bonds is 9. The number of carbonyl (C=O) groups excluding carboxylic acids is 6. The number of ketones is 1. The molecule has 228 valence electrons. The van der Waals surface area contributed by atoms with Crippen LogP contribution in [0.5, 0.6) is 0 Å². The smallest absolute Gasteiger partial charge is 0.356 e. The Balaban J connectivity index is 1.58. The van der Waals surface area contributed by atoms with E-state index in [9.17, 15) is 41.9 Å². The minimum absolute atomic E-state index is 0.0782. The van der Waals surface area contributed by atoms with Crippen LogP contribution in [0.25, 0.3) is 0 Å². The molecule has 0 radical (unpaired) electrons. The average Bonchev–Trinajstić information content (AvgIpc) is 3.62. The van der Waals surface area contributed by atoms with Gasteiger partial charge in [0.15, 0.2) is 0 Å². The van der Waals surface area contributed by atoms with Gasteiger partial charge in [0.1, 0.15) is 12.1 Å². The van der Waals surface area contributed by atoms with Gasteiger partial charge in [-0.3, -0.25) is 28.8 Å². The van der Waals surface area contributed by atoms with Crippen LogP contribution in [0.3, 0.4) is 0 Å². The summed E-state index contributed by atoms with van der Waals surface area (Å²) < 4.78 is 39.2. The second-order valence-electron chi connectivity index (χ2n) is 13.3. The number of hydrogen-bond donors (Lipinski definition) is 4. The summed E-state index contributed by atoms with van der Waals surface area (Å²) in [5.41, 5.74) is -1.49. The number of carbonyl (C=O) groups is 6. The quantitative estimate of drug-likeness (QED) is 0.288. The molecule has 41 heavy (non-hydrogen) atoms. The Bertz CT molecular complexity index is 1150. The number of piperidine rings is 1. The fourth-order valence-corrected chi connectivity index (χ4v) is 6.13. The summed E-state index contributed by atoms with van der Waals surface area (Å²) in [7, 11) is 0. The zero-order chi connectivity index (χ0) is 30.7. The number of nitrogens with one attached hydrogen (secondary N) is 4. The zero-order valence-electron chi connectivity index (χ0n) is 23.8. The van der Waals surface area contributed by atoms with Gasteiger partial charge in [-0.25, -0.2) is 0 Å². The van der Waals surface area contributed by atoms with Crippen LogP contribution < -0.4 is 21.3 Å². The summed E-state index contributed by atoms with van der Waals surface area (Å²) in [6.45, 7) is 8.80. The van der Waals surface area contributed by atoms with Gasteiger partial charge in [0.25, 0.3) is 5.91 Å². The number of Topliss-reactive ketones (excluding diaryl/α,β-unsaturated/α-hetero) is 1. The van der Waals surface area contributed by atoms with E-state index in [2.05, 4.69) is 16.0 Å². The molecule has 0 aromatic heterocycles. The van der Waals surface area contributed by atoms with Crippen LogP contribution in [0.1, 0.15) is 60.3 Å². The summed E-state index contributed by atoms with van der Waals surface area (Å²) >= 11 is 0. The van der Waals surface area contributed by atoms with Crippen molar-refractivity contribution in [3.63, 3.8) is 0 Å². The molecule has 14 heteroatoms. The first-order chi connectivity index (χ1) is 18.8. The van der Waals surface area contributed by atoms with Crippen molar-refractivity contribution >= 4 is 35.3 Å². The van der Waals surface area contributed by atoms with Gasteiger partial charge in [0.2, 0.25) is 23.5 Å². The SMILES string of the molecule is CC(C)(C)[C@H](NC(=O)C(F)(F)F)C(=O)N1C[C@H]2[C@@H]([C@H]1C(=O)N[C@@H](C[C@@H]1CCNC1=O)C(=O)C(=O)NC1CC1)C2(C)C. The highest BCUT2D eigenvalue weighted by atomic mass is 19.4. The number of amides is 5. The molecule has 2 aliphatic carbocycles. The number of hydrogen-bond acceptors (Lipinski definition) is 6. The van der Waals surface area contributed by atoms with E-state index in [1.165, 1.54) is 25.7 Å². The Morgan fingerprint density at radius 3 is 2.20 bits per heavy atom. The molecule has 5 amide bonds. The molecular formula is C27H38F3N5O6. The van der Waals surface area contributed by atoms with Gasteiger partial charge < -0.3 is 26.2 Å². The third kappa shape index (κ3) is 6.35. The van der Waals surface area contributed by atoms with E-state index in [0.717, 1.165) is 12.8 Å². The number of fused-ring (bicyclic) bond motifs is 1. The van der Waals surface area contributed by atoms with Crippen LogP contribution in [-0.4, -0.2) is 83.7 Å². The molecule has 4 fully saturated rings. The van der Waals surface area contributed by atoms with E-state index >= 15 is 0 Å². The molecular weight excluding hydrogens is 547 g/mol. The van der Waals surface area contributed by atoms with Gasteiger partial charge in [-0.2, -0.15) is 13.2 Å². The van der Waals surface area contributed by atoms with Crippen LogP contribution in [0, 0.1) is 28.6 Å². The molecule has 6 atom stereocenters. The first kappa shape index (κ1) is 30.8.